The normalized spacial score (nSPS) is 10.2. The number of aryl methyl sites for hydroxylation is 2. The Morgan fingerprint density at radius 3 is 2.88 bits per heavy atom. The highest BCUT2D eigenvalue weighted by molar-refractivity contribution is 7.09. The third-order valence-electron chi connectivity index (χ3n) is 2.50. The van der Waals surface area contributed by atoms with E-state index in [1.807, 2.05) is 32.0 Å². The Bertz CT molecular complexity index is 534. The molecule has 1 aromatic carbocycles. The molecule has 0 aliphatic carbocycles. The lowest BCUT2D eigenvalue weighted by Crippen LogP contribution is -2.23. The fraction of sp³-hybridized carbons (Fsp3) is 0.231. The van der Waals surface area contributed by atoms with E-state index in [1.165, 1.54) is 16.9 Å². The van der Waals surface area contributed by atoms with Crippen molar-refractivity contribution in [3.8, 4) is 0 Å². The zero-order valence-corrected chi connectivity index (χ0v) is 10.7. The molecule has 1 heterocycles. The first-order chi connectivity index (χ1) is 8.16. The maximum absolute atomic E-state index is 11.8. The highest BCUT2D eigenvalue weighted by Gasteiger charge is 2.10. The van der Waals surface area contributed by atoms with Crippen LogP contribution in [0.3, 0.4) is 0 Å². The van der Waals surface area contributed by atoms with E-state index in [1.54, 1.807) is 5.51 Å². The van der Waals surface area contributed by atoms with Crippen molar-refractivity contribution >= 4 is 17.2 Å². The Morgan fingerprint density at radius 2 is 2.24 bits per heavy atom. The zero-order chi connectivity index (χ0) is 12.3. The smallest absolute Gasteiger partial charge is 0.271 e. The van der Waals surface area contributed by atoms with Crippen LogP contribution >= 0.6 is 11.3 Å². The van der Waals surface area contributed by atoms with Gasteiger partial charge in [0, 0.05) is 11.4 Å². The van der Waals surface area contributed by atoms with E-state index in [4.69, 9.17) is 0 Å². The third kappa shape index (κ3) is 2.91. The van der Waals surface area contributed by atoms with Gasteiger partial charge in [-0.3, -0.25) is 4.79 Å². The fourth-order valence-corrected chi connectivity index (χ4v) is 2.18. The van der Waals surface area contributed by atoms with Gasteiger partial charge < -0.3 is 5.32 Å². The average Bonchev–Trinajstić information content (AvgIpc) is 2.72. The van der Waals surface area contributed by atoms with Crippen molar-refractivity contribution in [3.63, 3.8) is 0 Å². The second kappa shape index (κ2) is 5.10. The van der Waals surface area contributed by atoms with Crippen LogP contribution in [0.15, 0.2) is 29.8 Å². The van der Waals surface area contributed by atoms with Gasteiger partial charge in [-0.1, -0.05) is 29.8 Å². The Hall–Kier alpha value is -1.68. The van der Waals surface area contributed by atoms with Crippen molar-refractivity contribution in [1.82, 2.24) is 10.3 Å². The number of hydrogen-bond acceptors (Lipinski definition) is 3. The quantitative estimate of drug-likeness (QED) is 0.904. The summed E-state index contributed by atoms with van der Waals surface area (Å²) >= 11 is 1.48. The molecule has 0 radical (unpaired) electrons. The molecular weight excluding hydrogens is 232 g/mol. The van der Waals surface area contributed by atoms with Crippen LogP contribution < -0.4 is 5.32 Å². The molecule has 0 spiro atoms. The fourth-order valence-electron chi connectivity index (χ4n) is 1.61. The number of thiazole rings is 1. The molecule has 0 aliphatic heterocycles. The average molecular weight is 246 g/mol. The van der Waals surface area contributed by atoms with Crippen molar-refractivity contribution < 1.29 is 4.79 Å². The zero-order valence-electron chi connectivity index (χ0n) is 9.86. The van der Waals surface area contributed by atoms with Gasteiger partial charge in [-0.25, -0.2) is 4.98 Å². The van der Waals surface area contributed by atoms with Gasteiger partial charge in [-0.15, -0.1) is 11.3 Å². The largest absolute Gasteiger partial charge is 0.347 e. The summed E-state index contributed by atoms with van der Waals surface area (Å²) in [6, 6.07) is 8.09. The summed E-state index contributed by atoms with van der Waals surface area (Å²) in [7, 11) is 0. The van der Waals surface area contributed by atoms with Gasteiger partial charge >= 0.3 is 0 Å². The lowest BCUT2D eigenvalue weighted by atomic mass is 10.1. The van der Waals surface area contributed by atoms with Gasteiger partial charge in [0.2, 0.25) is 0 Å². The monoisotopic (exact) mass is 246 g/mol. The van der Waals surface area contributed by atoms with Gasteiger partial charge in [0.1, 0.15) is 5.69 Å². The minimum atomic E-state index is -0.106. The highest BCUT2D eigenvalue weighted by atomic mass is 32.1. The predicted octanol–water partition coefficient (Wildman–Crippen LogP) is 2.69. The maximum atomic E-state index is 11.8. The van der Waals surface area contributed by atoms with Crippen molar-refractivity contribution in [2.75, 3.05) is 0 Å². The first-order valence-electron chi connectivity index (χ1n) is 5.40. The van der Waals surface area contributed by atoms with E-state index in [9.17, 15) is 4.79 Å². The van der Waals surface area contributed by atoms with Crippen LogP contribution in [0.5, 0.6) is 0 Å². The summed E-state index contributed by atoms with van der Waals surface area (Å²) in [5.74, 6) is -0.106. The van der Waals surface area contributed by atoms with Gasteiger partial charge in [0.15, 0.2) is 0 Å². The number of amides is 1. The van der Waals surface area contributed by atoms with E-state index in [-0.39, 0.29) is 5.91 Å². The van der Waals surface area contributed by atoms with Crippen LogP contribution in [0.25, 0.3) is 0 Å². The molecule has 88 valence electrons. The van der Waals surface area contributed by atoms with Crippen LogP contribution in [0.4, 0.5) is 0 Å². The Kier molecular flexibility index (Phi) is 3.54. The topological polar surface area (TPSA) is 42.0 Å². The second-order valence-electron chi connectivity index (χ2n) is 3.93. The van der Waals surface area contributed by atoms with E-state index in [2.05, 4.69) is 16.4 Å². The number of benzene rings is 1. The van der Waals surface area contributed by atoms with Crippen LogP contribution in [-0.4, -0.2) is 10.9 Å². The molecule has 3 nitrogen and oxygen atoms in total. The van der Waals surface area contributed by atoms with Gasteiger partial charge in [-0.2, -0.15) is 0 Å². The molecule has 2 aromatic rings. The summed E-state index contributed by atoms with van der Waals surface area (Å²) in [6.45, 7) is 4.48. The first-order valence-corrected chi connectivity index (χ1v) is 6.28. The molecule has 0 saturated carbocycles. The van der Waals surface area contributed by atoms with E-state index in [0.717, 1.165) is 10.4 Å². The van der Waals surface area contributed by atoms with E-state index < -0.39 is 0 Å². The minimum Gasteiger partial charge on any atom is -0.347 e. The number of nitrogens with zero attached hydrogens (tertiary/aromatic N) is 1. The summed E-state index contributed by atoms with van der Waals surface area (Å²) in [6.07, 6.45) is 0. The lowest BCUT2D eigenvalue weighted by molar-refractivity contribution is 0.0946. The van der Waals surface area contributed by atoms with Gasteiger partial charge in [0.05, 0.1) is 5.51 Å². The molecule has 0 fully saturated rings. The molecule has 17 heavy (non-hydrogen) atoms. The molecule has 0 saturated heterocycles. The van der Waals surface area contributed by atoms with Crippen molar-refractivity contribution in [3.05, 3.63) is 51.5 Å². The number of carbonyl (C=O) groups excluding carboxylic acids is 1. The number of carbonyl (C=O) groups is 1. The third-order valence-corrected chi connectivity index (χ3v) is 3.25. The molecule has 1 N–H and O–H groups in total. The lowest BCUT2D eigenvalue weighted by Gasteiger charge is -2.05. The standard InChI is InChI=1S/C13H14N2OS/c1-9-4-3-5-11(6-9)7-14-13(16)12-10(2)17-8-15-12/h3-6,8H,7H2,1-2H3,(H,14,16). The Morgan fingerprint density at radius 1 is 1.41 bits per heavy atom. The number of aromatic nitrogens is 1. The van der Waals surface area contributed by atoms with Gasteiger partial charge in [-0.05, 0) is 19.4 Å². The van der Waals surface area contributed by atoms with Crippen LogP contribution in [0.2, 0.25) is 0 Å². The molecule has 0 unspecified atom stereocenters. The molecular formula is C13H14N2OS. The molecule has 4 heteroatoms. The van der Waals surface area contributed by atoms with Crippen molar-refractivity contribution in [1.29, 1.82) is 0 Å². The van der Waals surface area contributed by atoms with E-state index in [0.29, 0.717) is 12.2 Å². The van der Waals surface area contributed by atoms with Crippen LogP contribution in [0.1, 0.15) is 26.5 Å². The van der Waals surface area contributed by atoms with E-state index >= 15 is 0 Å². The molecule has 0 aliphatic rings. The molecule has 0 bridgehead atoms. The van der Waals surface area contributed by atoms with Crippen LogP contribution in [-0.2, 0) is 6.54 Å². The second-order valence-corrected chi connectivity index (χ2v) is 4.99. The first kappa shape index (κ1) is 11.8. The van der Waals surface area contributed by atoms with Crippen LogP contribution in [0, 0.1) is 13.8 Å². The summed E-state index contributed by atoms with van der Waals surface area (Å²) in [4.78, 5) is 16.8. The van der Waals surface area contributed by atoms with Gasteiger partial charge in [0.25, 0.3) is 5.91 Å². The summed E-state index contributed by atoms with van der Waals surface area (Å²) < 4.78 is 0. The molecule has 0 atom stereocenters. The maximum Gasteiger partial charge on any atom is 0.271 e. The minimum absolute atomic E-state index is 0.106. The Labute approximate surface area is 105 Å². The summed E-state index contributed by atoms with van der Waals surface area (Å²) in [5.41, 5.74) is 4.52. The Balaban J connectivity index is 1.99. The van der Waals surface area contributed by atoms with Crippen molar-refractivity contribution in [2.24, 2.45) is 0 Å². The highest BCUT2D eigenvalue weighted by Crippen LogP contribution is 2.11. The molecule has 2 rings (SSSR count). The predicted molar refractivity (Wildman–Crippen MR) is 69.2 cm³/mol. The SMILES string of the molecule is Cc1cccc(CNC(=O)c2ncsc2C)c1. The summed E-state index contributed by atoms with van der Waals surface area (Å²) in [5, 5.41) is 2.87. The van der Waals surface area contributed by atoms with Crippen molar-refractivity contribution in [2.45, 2.75) is 20.4 Å². The molecule has 1 aromatic heterocycles. The molecule has 1 amide bonds. The number of nitrogens with one attached hydrogen (secondary N) is 1. The number of rotatable bonds is 3. The number of hydrogen-bond donors (Lipinski definition) is 1.